The zero-order chi connectivity index (χ0) is 4.28. The Bertz CT molecular complexity index is 22.8. The first-order valence-electron chi connectivity index (χ1n) is 1.52. The van der Waals surface area contributed by atoms with Crippen LogP contribution < -0.4 is 0 Å². The summed E-state index contributed by atoms with van der Waals surface area (Å²) in [7, 11) is 0. The van der Waals surface area contributed by atoms with Crippen molar-refractivity contribution in [3.8, 4) is 0 Å². The third-order valence-electron chi connectivity index (χ3n) is 0.149. The van der Waals surface area contributed by atoms with Gasteiger partial charge in [-0.15, -0.1) is 0 Å². The van der Waals surface area contributed by atoms with E-state index in [1.165, 1.54) is 0 Å². The minimum atomic E-state index is 0. The van der Waals surface area contributed by atoms with E-state index >= 15 is 0 Å². The van der Waals surface area contributed by atoms with E-state index in [-0.39, 0.29) is 38.2 Å². The molecule has 0 aromatic heterocycles. The molecule has 0 heterocycles. The molecule has 0 bridgehead atoms. The molecule has 0 aromatic rings. The van der Waals surface area contributed by atoms with Crippen LogP contribution in [0.15, 0.2) is 0 Å². The van der Waals surface area contributed by atoms with Gasteiger partial charge in [-0.25, -0.2) is 0 Å². The molecule has 0 atom stereocenters. The van der Waals surface area contributed by atoms with Gasteiger partial charge in [-0.1, -0.05) is 0 Å². The largest absolute Gasteiger partial charge is 0 e. The van der Waals surface area contributed by atoms with Gasteiger partial charge in [-0.05, 0) is 0 Å². The first-order valence-corrected chi connectivity index (χ1v) is 2.35. The van der Waals surface area contributed by atoms with Crippen LogP contribution in [-0.4, -0.2) is 6.10 Å². The summed E-state index contributed by atoms with van der Waals surface area (Å²) in [5, 5.41) is 0. The standard InChI is InChI=1S/C3H7O.2Dy/c1-3(2)4;;/h3H,1-2H3;;/q-1;;+1. The van der Waals surface area contributed by atoms with Crippen LogP contribution in [0.5, 0.6) is 0 Å². The van der Waals surface area contributed by atoms with Crippen molar-refractivity contribution < 1.29 is 76.3 Å². The molecule has 0 saturated carbocycles. The minimum Gasteiger partial charge on any atom is 0 e. The fourth-order valence-electron chi connectivity index (χ4n) is 0. The molecular formula is C3H7Dy2O. The first-order chi connectivity index (χ1) is 2.27. The maximum Gasteiger partial charge on any atom is 0 e. The molecule has 6 heavy (non-hydrogen) atoms. The van der Waals surface area contributed by atoms with E-state index in [1.54, 1.807) is 0 Å². The van der Waals surface area contributed by atoms with Gasteiger partial charge in [0.25, 0.3) is 0 Å². The summed E-state index contributed by atoms with van der Waals surface area (Å²) in [4.78, 5) is 0. The second-order valence-corrected chi connectivity index (χ2v) is 1.60. The molecule has 1 nitrogen and oxygen atoms in total. The Labute approximate surface area is 94.2 Å². The third kappa shape index (κ3) is 9.71. The van der Waals surface area contributed by atoms with Crippen molar-refractivity contribution in [2.75, 3.05) is 0 Å². The first kappa shape index (κ1) is 11.3. The Balaban J connectivity index is 0. The molecule has 0 aliphatic rings. The molecule has 45 valence electrons. The van der Waals surface area contributed by atoms with Gasteiger partial charge in [0.2, 0.25) is 0 Å². The summed E-state index contributed by atoms with van der Waals surface area (Å²) in [6, 6.07) is 0. The van der Waals surface area contributed by atoms with Gasteiger partial charge >= 0.3 is 58.1 Å². The van der Waals surface area contributed by atoms with Crippen LogP contribution in [0.2, 0.25) is 0 Å². The zero-order valence-corrected chi connectivity index (χ0v) is 7.68. The van der Waals surface area contributed by atoms with Crippen LogP contribution in [0.3, 0.4) is 0 Å². The molecule has 0 unspecified atom stereocenters. The predicted molar refractivity (Wildman–Crippen MR) is 16.2 cm³/mol. The third-order valence-corrected chi connectivity index (χ3v) is 1.11. The van der Waals surface area contributed by atoms with E-state index < -0.39 is 0 Å². The van der Waals surface area contributed by atoms with Gasteiger partial charge < -0.3 is 0 Å². The minimum absolute atomic E-state index is 0. The molecule has 0 radical (unpaired) electrons. The van der Waals surface area contributed by atoms with Crippen molar-refractivity contribution in [3.05, 3.63) is 0 Å². The Morgan fingerprint density at radius 3 is 1.67 bits per heavy atom. The molecular weight excluding hydrogens is 377 g/mol. The molecule has 0 spiro atoms. The van der Waals surface area contributed by atoms with Crippen LogP contribution >= 0.6 is 0 Å². The van der Waals surface area contributed by atoms with Crippen molar-refractivity contribution in [2.24, 2.45) is 0 Å². The van der Waals surface area contributed by atoms with Crippen molar-refractivity contribution in [3.63, 3.8) is 0 Å². The molecule has 0 aliphatic carbocycles. The van der Waals surface area contributed by atoms with E-state index in [2.05, 4.69) is 0 Å². The van der Waals surface area contributed by atoms with Gasteiger partial charge in [-0.2, -0.15) is 0 Å². The number of hydrogen-bond donors (Lipinski definition) is 0. The summed E-state index contributed by atoms with van der Waals surface area (Å²) in [6.45, 7) is 3.99. The Morgan fingerprint density at radius 1 is 1.50 bits per heavy atom. The topological polar surface area (TPSA) is 9.23 Å². The van der Waals surface area contributed by atoms with E-state index in [0.717, 1.165) is 0 Å². The van der Waals surface area contributed by atoms with Gasteiger partial charge in [0.1, 0.15) is 0 Å². The molecule has 3 heteroatoms. The zero-order valence-electron chi connectivity index (χ0n) is 3.62. The van der Waals surface area contributed by atoms with E-state index in [4.69, 9.17) is 1.39 Å². The average Bonchev–Trinajstić information content (AvgIpc) is 1.38. The Hall–Kier alpha value is 2.51. The fourth-order valence-corrected chi connectivity index (χ4v) is 0. The van der Waals surface area contributed by atoms with Crippen LogP contribution in [-0.2, 0) is 1.39 Å². The summed E-state index contributed by atoms with van der Waals surface area (Å²) in [6.07, 6.45) is 0.372. The number of hydrogen-bond acceptors (Lipinski definition) is 1. The molecule has 0 saturated heterocycles. The van der Waals surface area contributed by atoms with Crippen LogP contribution in [0.1, 0.15) is 13.8 Å². The molecule has 0 N–H and O–H groups in total. The van der Waals surface area contributed by atoms with Crippen molar-refractivity contribution in [1.29, 1.82) is 0 Å². The van der Waals surface area contributed by atoms with Gasteiger partial charge in [0.15, 0.2) is 0 Å². The van der Waals surface area contributed by atoms with Crippen molar-refractivity contribution in [1.82, 2.24) is 0 Å². The van der Waals surface area contributed by atoms with Crippen molar-refractivity contribution >= 4 is 0 Å². The summed E-state index contributed by atoms with van der Waals surface area (Å²) >= 11 is 1.86. The van der Waals surface area contributed by atoms with E-state index in [9.17, 15) is 0 Å². The second kappa shape index (κ2) is 7.51. The van der Waals surface area contributed by atoms with Gasteiger partial charge in [0.05, 0.1) is 0 Å². The van der Waals surface area contributed by atoms with Crippen LogP contribution in [0, 0.1) is 74.9 Å². The SMILES string of the molecule is CC(C)[O][Dy].[Dy]. The average molecular weight is 384 g/mol. The Kier molecular flexibility index (Phi) is 14.2. The second-order valence-electron chi connectivity index (χ2n) is 1.12. The molecule has 0 rings (SSSR count). The maximum absolute atomic E-state index is 4.72. The van der Waals surface area contributed by atoms with Gasteiger partial charge in [0, 0.05) is 38.2 Å². The quantitative estimate of drug-likeness (QED) is 0.653. The summed E-state index contributed by atoms with van der Waals surface area (Å²) < 4.78 is 4.72. The molecule has 0 aliphatic heterocycles. The normalized spacial score (nSPS) is 8.17. The smallest absolute Gasteiger partial charge is 0 e. The molecule has 0 fully saturated rings. The van der Waals surface area contributed by atoms with Crippen molar-refractivity contribution in [2.45, 2.75) is 20.0 Å². The number of rotatable bonds is 1. The van der Waals surface area contributed by atoms with Crippen LogP contribution in [0.25, 0.3) is 0 Å². The van der Waals surface area contributed by atoms with E-state index in [0.29, 0.717) is 6.10 Å². The maximum atomic E-state index is 4.72. The van der Waals surface area contributed by atoms with Gasteiger partial charge in [-0.3, -0.25) is 0 Å². The predicted octanol–water partition coefficient (Wildman–Crippen LogP) is 0.876. The fraction of sp³-hybridized carbons (Fsp3) is 1.00. The summed E-state index contributed by atoms with van der Waals surface area (Å²) in [5.41, 5.74) is 0. The monoisotopic (exact) mass is 387 g/mol. The van der Waals surface area contributed by atoms with E-state index in [1.807, 2.05) is 50.6 Å². The Morgan fingerprint density at radius 2 is 1.67 bits per heavy atom. The molecule has 0 aromatic carbocycles. The molecule has 0 amide bonds. The van der Waals surface area contributed by atoms with Crippen LogP contribution in [0.4, 0.5) is 0 Å². The summed E-state index contributed by atoms with van der Waals surface area (Å²) in [5.74, 6) is 0.